The number of carbonyl (C=O) groups excluding carboxylic acids is 2. The van der Waals surface area contributed by atoms with Crippen molar-refractivity contribution in [2.24, 2.45) is 0 Å². The van der Waals surface area contributed by atoms with Crippen LogP contribution in [0.4, 0.5) is 4.39 Å². The first-order valence-electron chi connectivity index (χ1n) is 7.67. The molecule has 0 N–H and O–H groups in total. The number of nitrogens with zero attached hydrogens (tertiary/aromatic N) is 1. The minimum absolute atomic E-state index is 0.0549. The lowest BCUT2D eigenvalue weighted by Crippen LogP contribution is -2.15. The Kier molecular flexibility index (Phi) is 5.94. The zero-order valence-electron chi connectivity index (χ0n) is 13.9. The molecule has 0 saturated heterocycles. The molecule has 2 aromatic rings. The number of ketones is 1. The Labute approximate surface area is 148 Å². The van der Waals surface area contributed by atoms with E-state index in [0.717, 1.165) is 30.4 Å². The highest BCUT2D eigenvalue weighted by Crippen LogP contribution is 2.20. The Hall–Kier alpha value is -1.95. The van der Waals surface area contributed by atoms with E-state index >= 15 is 0 Å². The number of Topliss-reactive ketones (excluding diaryl/α,β-unsaturated/α-hetero) is 1. The molecule has 4 nitrogen and oxygen atoms in total. The van der Waals surface area contributed by atoms with Gasteiger partial charge in [-0.2, -0.15) is 0 Å². The van der Waals surface area contributed by atoms with Gasteiger partial charge in [-0.15, -0.1) is 0 Å². The van der Waals surface area contributed by atoms with Crippen LogP contribution in [0.3, 0.4) is 0 Å². The van der Waals surface area contributed by atoms with Crippen LogP contribution < -0.4 is 0 Å². The third-order valence-corrected chi connectivity index (χ3v) is 4.50. The predicted molar refractivity (Wildman–Crippen MR) is 92.9 cm³/mol. The van der Waals surface area contributed by atoms with Crippen LogP contribution in [0.1, 0.15) is 45.4 Å². The molecule has 1 aromatic carbocycles. The highest BCUT2D eigenvalue weighted by molar-refractivity contribution is 9.10. The molecule has 128 valence electrons. The van der Waals surface area contributed by atoms with Gasteiger partial charge in [-0.05, 0) is 60.5 Å². The highest BCUT2D eigenvalue weighted by atomic mass is 79.9. The summed E-state index contributed by atoms with van der Waals surface area (Å²) in [5.74, 6) is -1.55. The van der Waals surface area contributed by atoms with Crippen LogP contribution in [0.15, 0.2) is 28.7 Å². The second-order valence-corrected chi connectivity index (χ2v) is 6.41. The summed E-state index contributed by atoms with van der Waals surface area (Å²) in [6, 6.07) is 5.53. The molecule has 1 heterocycles. The first-order chi connectivity index (χ1) is 11.3. The standard InChI is InChI=1S/C18H19BrFNO3/c1-4-7-21-11(2)8-14(12(21)3)17(22)10-24-18(23)15-9-13(20)5-6-16(15)19/h5-6,8-9H,4,7,10H2,1-3H3. The van der Waals surface area contributed by atoms with Gasteiger partial charge in [0.1, 0.15) is 5.82 Å². The molecule has 0 saturated carbocycles. The van der Waals surface area contributed by atoms with E-state index in [1.165, 1.54) is 12.1 Å². The Bertz CT molecular complexity index is 783. The van der Waals surface area contributed by atoms with E-state index < -0.39 is 11.8 Å². The van der Waals surface area contributed by atoms with E-state index in [2.05, 4.69) is 27.4 Å². The summed E-state index contributed by atoms with van der Waals surface area (Å²) in [4.78, 5) is 24.4. The van der Waals surface area contributed by atoms with Crippen molar-refractivity contribution in [2.45, 2.75) is 33.7 Å². The van der Waals surface area contributed by atoms with E-state index in [1.807, 2.05) is 13.8 Å². The maximum absolute atomic E-state index is 13.2. The fourth-order valence-electron chi connectivity index (χ4n) is 2.59. The monoisotopic (exact) mass is 395 g/mol. The van der Waals surface area contributed by atoms with Gasteiger partial charge in [-0.1, -0.05) is 6.92 Å². The molecule has 6 heteroatoms. The van der Waals surface area contributed by atoms with Crippen molar-refractivity contribution in [2.75, 3.05) is 6.61 Å². The van der Waals surface area contributed by atoms with Crippen LogP contribution in [-0.2, 0) is 11.3 Å². The van der Waals surface area contributed by atoms with Gasteiger partial charge in [0.15, 0.2) is 6.61 Å². The Morgan fingerprint density at radius 2 is 1.92 bits per heavy atom. The Balaban J connectivity index is 2.09. The van der Waals surface area contributed by atoms with E-state index in [-0.39, 0.29) is 18.0 Å². The first-order valence-corrected chi connectivity index (χ1v) is 8.46. The number of ether oxygens (including phenoxy) is 1. The molecule has 1 aromatic heterocycles. The van der Waals surface area contributed by atoms with E-state index in [9.17, 15) is 14.0 Å². The van der Waals surface area contributed by atoms with Crippen LogP contribution in [0.5, 0.6) is 0 Å². The summed E-state index contributed by atoms with van der Waals surface area (Å²) in [6.45, 7) is 6.34. The fourth-order valence-corrected chi connectivity index (χ4v) is 3.00. The molecule has 2 rings (SSSR count). The topological polar surface area (TPSA) is 48.3 Å². The molecule has 0 unspecified atom stereocenters. The summed E-state index contributed by atoms with van der Waals surface area (Å²) in [7, 11) is 0. The summed E-state index contributed by atoms with van der Waals surface area (Å²) in [5, 5.41) is 0. The SMILES string of the molecule is CCCn1c(C)cc(C(=O)COC(=O)c2cc(F)ccc2Br)c1C. The van der Waals surface area contributed by atoms with Crippen LogP contribution in [0, 0.1) is 19.7 Å². The van der Waals surface area contributed by atoms with Gasteiger partial charge in [0.05, 0.1) is 5.56 Å². The summed E-state index contributed by atoms with van der Waals surface area (Å²) < 4.78 is 20.8. The van der Waals surface area contributed by atoms with E-state index in [4.69, 9.17) is 4.74 Å². The molecule has 0 aliphatic heterocycles. The third kappa shape index (κ3) is 3.93. The Morgan fingerprint density at radius 1 is 1.21 bits per heavy atom. The molecule has 0 spiro atoms. The molecule has 0 fully saturated rings. The molecule has 0 bridgehead atoms. The molecule has 0 atom stereocenters. The number of hydrogen-bond acceptors (Lipinski definition) is 3. The minimum atomic E-state index is -0.739. The Morgan fingerprint density at radius 3 is 2.58 bits per heavy atom. The predicted octanol–water partition coefficient (Wildman–Crippen LogP) is 4.46. The van der Waals surface area contributed by atoms with Gasteiger partial charge < -0.3 is 9.30 Å². The molecular weight excluding hydrogens is 377 g/mol. The first kappa shape index (κ1) is 18.4. The number of halogens is 2. The van der Waals surface area contributed by atoms with Crippen LogP contribution >= 0.6 is 15.9 Å². The molecule has 0 radical (unpaired) electrons. The molecule has 0 aliphatic rings. The van der Waals surface area contributed by atoms with Crippen LogP contribution in [0.25, 0.3) is 0 Å². The van der Waals surface area contributed by atoms with Crippen LogP contribution in [-0.4, -0.2) is 22.9 Å². The maximum atomic E-state index is 13.2. The van der Waals surface area contributed by atoms with Crippen molar-refractivity contribution in [3.05, 3.63) is 57.1 Å². The number of hydrogen-bond donors (Lipinski definition) is 0. The van der Waals surface area contributed by atoms with Gasteiger partial charge in [0.2, 0.25) is 5.78 Å². The van der Waals surface area contributed by atoms with Crippen molar-refractivity contribution < 1.29 is 18.7 Å². The average Bonchev–Trinajstić information content (AvgIpc) is 2.83. The number of benzene rings is 1. The van der Waals surface area contributed by atoms with Crippen molar-refractivity contribution in [1.29, 1.82) is 0 Å². The lowest BCUT2D eigenvalue weighted by molar-refractivity contribution is 0.0473. The number of aromatic nitrogens is 1. The molecule has 0 amide bonds. The molecular formula is C18H19BrFNO3. The fraction of sp³-hybridized carbons (Fsp3) is 0.333. The van der Waals surface area contributed by atoms with Gasteiger partial charge in [-0.3, -0.25) is 4.79 Å². The van der Waals surface area contributed by atoms with Gasteiger partial charge in [0, 0.05) is 28.0 Å². The second kappa shape index (κ2) is 7.75. The highest BCUT2D eigenvalue weighted by Gasteiger charge is 2.19. The van der Waals surface area contributed by atoms with E-state index in [0.29, 0.717) is 10.0 Å². The third-order valence-electron chi connectivity index (χ3n) is 3.80. The number of carbonyl (C=O) groups is 2. The zero-order valence-corrected chi connectivity index (χ0v) is 15.4. The quantitative estimate of drug-likeness (QED) is 0.535. The van der Waals surface area contributed by atoms with Crippen molar-refractivity contribution in [3.8, 4) is 0 Å². The average molecular weight is 396 g/mol. The summed E-state index contributed by atoms with van der Waals surface area (Å²) in [6.07, 6.45) is 0.965. The van der Waals surface area contributed by atoms with Crippen LogP contribution in [0.2, 0.25) is 0 Å². The summed E-state index contributed by atoms with van der Waals surface area (Å²) in [5.41, 5.74) is 2.46. The van der Waals surface area contributed by atoms with Crippen molar-refractivity contribution >= 4 is 27.7 Å². The van der Waals surface area contributed by atoms with Crippen molar-refractivity contribution in [3.63, 3.8) is 0 Å². The lowest BCUT2D eigenvalue weighted by Gasteiger charge is -2.08. The number of rotatable bonds is 6. The maximum Gasteiger partial charge on any atom is 0.339 e. The zero-order chi connectivity index (χ0) is 17.9. The van der Waals surface area contributed by atoms with E-state index in [1.54, 1.807) is 6.07 Å². The minimum Gasteiger partial charge on any atom is -0.454 e. The normalized spacial score (nSPS) is 10.7. The van der Waals surface area contributed by atoms with Gasteiger partial charge >= 0.3 is 5.97 Å². The smallest absolute Gasteiger partial charge is 0.339 e. The van der Waals surface area contributed by atoms with Crippen molar-refractivity contribution in [1.82, 2.24) is 4.57 Å². The molecule has 24 heavy (non-hydrogen) atoms. The number of esters is 1. The summed E-state index contributed by atoms with van der Waals surface area (Å²) >= 11 is 3.17. The van der Waals surface area contributed by atoms with Gasteiger partial charge in [-0.25, -0.2) is 9.18 Å². The lowest BCUT2D eigenvalue weighted by atomic mass is 10.1. The largest absolute Gasteiger partial charge is 0.454 e. The second-order valence-electron chi connectivity index (χ2n) is 5.56. The molecule has 0 aliphatic carbocycles. The number of aryl methyl sites for hydroxylation is 1. The van der Waals surface area contributed by atoms with Gasteiger partial charge in [0.25, 0.3) is 0 Å².